The van der Waals surface area contributed by atoms with Crippen LogP contribution in [0.5, 0.6) is 0 Å². The van der Waals surface area contributed by atoms with Gasteiger partial charge >= 0.3 is 12.1 Å². The van der Waals surface area contributed by atoms with Crippen LogP contribution in [0.25, 0.3) is 0 Å². The summed E-state index contributed by atoms with van der Waals surface area (Å²) in [6, 6.07) is -0.361. The Morgan fingerprint density at radius 2 is 2.05 bits per heavy atom. The van der Waals surface area contributed by atoms with Crippen LogP contribution in [0.2, 0.25) is 0 Å². The number of epoxide rings is 1. The second kappa shape index (κ2) is 16.4. The number of carbonyl (C=O) groups is 2. The van der Waals surface area contributed by atoms with Gasteiger partial charge in [0.1, 0.15) is 6.10 Å². The molecule has 2 saturated heterocycles. The van der Waals surface area contributed by atoms with Crippen molar-refractivity contribution in [3.8, 4) is 0 Å². The van der Waals surface area contributed by atoms with Gasteiger partial charge in [-0.1, -0.05) is 58.1 Å². The molecular weight excluding hydrogens is 564 g/mol. The Morgan fingerprint density at radius 3 is 2.70 bits per heavy atom. The van der Waals surface area contributed by atoms with Gasteiger partial charge in [0.15, 0.2) is 0 Å². The van der Waals surface area contributed by atoms with Crippen molar-refractivity contribution in [2.75, 3.05) is 26.7 Å². The van der Waals surface area contributed by atoms with Crippen molar-refractivity contribution in [1.82, 2.24) is 10.2 Å². The summed E-state index contributed by atoms with van der Waals surface area (Å²) in [7, 11) is 1.62. The molecule has 3 heterocycles. The van der Waals surface area contributed by atoms with Gasteiger partial charge in [-0.05, 0) is 51.0 Å². The van der Waals surface area contributed by atoms with Crippen LogP contribution in [-0.4, -0.2) is 101 Å². The Labute approximate surface area is 263 Å². The van der Waals surface area contributed by atoms with E-state index in [4.69, 9.17) is 14.2 Å². The van der Waals surface area contributed by atoms with Crippen LogP contribution < -0.4 is 5.32 Å². The SMILES string of the molecule is CC[C@@H](O)[C@@H](C)[C@H]1O[C@@H]1C[C@@H](C)/C=C/C=C(\C)[C@H]1OC(=O)C[C@@H](O)CC[C@](C)(OC)[C@H](C2CNCCN2C(=O)O)/C=C/[C@@H]1C. The maximum atomic E-state index is 12.9. The van der Waals surface area contributed by atoms with E-state index in [2.05, 4.69) is 18.3 Å². The van der Waals surface area contributed by atoms with Gasteiger partial charge in [0.05, 0.1) is 42.5 Å². The molecule has 44 heavy (non-hydrogen) atoms. The summed E-state index contributed by atoms with van der Waals surface area (Å²) in [6.07, 6.45) is 9.78. The summed E-state index contributed by atoms with van der Waals surface area (Å²) in [5.74, 6) is -0.599. The lowest BCUT2D eigenvalue weighted by Gasteiger charge is -2.45. The number of carboxylic acid groups (broad SMARTS) is 1. The number of cyclic esters (lactones) is 1. The quantitative estimate of drug-likeness (QED) is 0.122. The Bertz CT molecular complexity index is 1050. The number of nitrogens with one attached hydrogen (secondary N) is 1. The minimum atomic E-state index is -0.967. The molecule has 11 atom stereocenters. The number of allylic oxidation sites excluding steroid dienone is 3. The summed E-state index contributed by atoms with van der Waals surface area (Å²) in [5.41, 5.74) is 0.0940. The zero-order chi connectivity index (χ0) is 32.6. The normalized spacial score (nSPS) is 36.9. The second-order valence-corrected chi connectivity index (χ2v) is 13.3. The molecule has 1 amide bonds. The van der Waals surface area contributed by atoms with Gasteiger partial charge in [-0.3, -0.25) is 4.79 Å². The number of nitrogens with zero attached hydrogens (tertiary/aromatic N) is 1. The molecule has 0 spiro atoms. The van der Waals surface area contributed by atoms with Gasteiger partial charge in [-0.25, -0.2) is 4.79 Å². The van der Waals surface area contributed by atoms with Crippen molar-refractivity contribution in [3.05, 3.63) is 36.0 Å². The Kier molecular flexibility index (Phi) is 13.5. The molecule has 0 bridgehead atoms. The number of methoxy groups -OCH3 is 1. The third-order valence-corrected chi connectivity index (χ3v) is 9.87. The van der Waals surface area contributed by atoms with E-state index in [1.165, 1.54) is 4.90 Å². The molecule has 2 fully saturated rings. The van der Waals surface area contributed by atoms with Crippen LogP contribution in [0.1, 0.15) is 73.6 Å². The molecule has 0 aromatic rings. The van der Waals surface area contributed by atoms with Crippen molar-refractivity contribution >= 4 is 12.1 Å². The molecule has 0 radical (unpaired) electrons. The number of aliphatic hydroxyl groups excluding tert-OH is 2. The fraction of sp³-hybridized carbons (Fsp3) is 0.765. The molecule has 0 aromatic heterocycles. The van der Waals surface area contributed by atoms with Crippen molar-refractivity contribution in [2.24, 2.45) is 23.7 Å². The highest BCUT2D eigenvalue weighted by Crippen LogP contribution is 2.37. The number of aliphatic hydroxyl groups is 2. The van der Waals surface area contributed by atoms with Crippen LogP contribution in [0.4, 0.5) is 4.79 Å². The van der Waals surface area contributed by atoms with Gasteiger partial charge in [-0.15, -0.1) is 0 Å². The van der Waals surface area contributed by atoms with Gasteiger partial charge in [-0.2, -0.15) is 0 Å². The Hall–Kier alpha value is -2.24. The fourth-order valence-electron chi connectivity index (χ4n) is 6.71. The first-order valence-electron chi connectivity index (χ1n) is 16.3. The van der Waals surface area contributed by atoms with Crippen molar-refractivity contribution in [3.63, 3.8) is 0 Å². The highest BCUT2D eigenvalue weighted by atomic mass is 16.6. The smallest absolute Gasteiger partial charge is 0.407 e. The molecule has 0 aliphatic carbocycles. The first-order valence-corrected chi connectivity index (χ1v) is 16.3. The second-order valence-electron chi connectivity index (χ2n) is 13.3. The van der Waals surface area contributed by atoms with E-state index >= 15 is 0 Å². The van der Waals surface area contributed by atoms with E-state index in [0.29, 0.717) is 32.5 Å². The van der Waals surface area contributed by atoms with E-state index in [9.17, 15) is 24.9 Å². The standard InChI is InChI=1S/C34H56N2O8/c1-8-28(38)24(5)32-29(43-32)18-21(2)10-9-11-22(3)31-23(4)12-13-26(27-20-35-16-17-36(27)33(40)41)34(6,42-7)15-14-25(37)19-30(39)44-31/h9-13,21,23-29,31-32,35,37-38H,8,14-20H2,1-7H3,(H,40,41)/b10-9+,13-12+,22-11+/t21-,23-,24+,25-,26-,27?,28+,29+,31+,32+,34-/m0/s1. The summed E-state index contributed by atoms with van der Waals surface area (Å²) < 4.78 is 17.8. The van der Waals surface area contributed by atoms with Crippen LogP contribution in [0.15, 0.2) is 36.0 Å². The van der Waals surface area contributed by atoms with Gasteiger partial charge in [0.25, 0.3) is 0 Å². The van der Waals surface area contributed by atoms with Crippen molar-refractivity contribution < 1.29 is 39.1 Å². The maximum absolute atomic E-state index is 12.9. The average Bonchev–Trinajstić information content (AvgIpc) is 3.76. The van der Waals surface area contributed by atoms with Gasteiger partial charge in [0, 0.05) is 44.5 Å². The van der Waals surface area contributed by atoms with Crippen molar-refractivity contribution in [2.45, 2.75) is 116 Å². The number of rotatable bonds is 10. The molecule has 10 heteroatoms. The zero-order valence-corrected chi connectivity index (χ0v) is 27.6. The van der Waals surface area contributed by atoms with Crippen LogP contribution in [0, 0.1) is 23.7 Å². The number of piperazine rings is 1. The third kappa shape index (κ3) is 9.63. The lowest BCUT2D eigenvalue weighted by Crippen LogP contribution is -2.60. The number of hydrogen-bond acceptors (Lipinski definition) is 8. The van der Waals surface area contributed by atoms with E-state index in [1.807, 2.05) is 58.9 Å². The van der Waals surface area contributed by atoms with E-state index in [1.54, 1.807) is 7.11 Å². The number of esters is 1. The Morgan fingerprint density at radius 1 is 1.32 bits per heavy atom. The lowest BCUT2D eigenvalue weighted by molar-refractivity contribution is -0.151. The molecule has 0 saturated carbocycles. The Balaban J connectivity index is 1.80. The van der Waals surface area contributed by atoms with Gasteiger partial charge in [0.2, 0.25) is 0 Å². The first-order chi connectivity index (χ1) is 20.8. The topological polar surface area (TPSA) is 141 Å². The van der Waals surface area contributed by atoms with Gasteiger partial charge < -0.3 is 39.7 Å². The minimum absolute atomic E-state index is 0.104. The molecule has 3 aliphatic rings. The third-order valence-electron chi connectivity index (χ3n) is 9.87. The van der Waals surface area contributed by atoms with Crippen LogP contribution >= 0.6 is 0 Å². The predicted molar refractivity (Wildman–Crippen MR) is 169 cm³/mol. The van der Waals surface area contributed by atoms with Crippen molar-refractivity contribution in [1.29, 1.82) is 0 Å². The largest absolute Gasteiger partial charge is 0.465 e. The number of hydrogen-bond donors (Lipinski definition) is 4. The van der Waals surface area contributed by atoms with Crippen LogP contribution in [0.3, 0.4) is 0 Å². The minimum Gasteiger partial charge on any atom is -0.465 e. The lowest BCUT2D eigenvalue weighted by atomic mass is 9.77. The highest BCUT2D eigenvalue weighted by Gasteiger charge is 2.45. The molecule has 3 aliphatic heterocycles. The molecule has 250 valence electrons. The summed E-state index contributed by atoms with van der Waals surface area (Å²) in [5, 5.41) is 34.2. The number of ether oxygens (including phenoxy) is 3. The predicted octanol–water partition coefficient (Wildman–Crippen LogP) is 4.31. The molecule has 4 N–H and O–H groups in total. The van der Waals surface area contributed by atoms with E-state index in [-0.39, 0.29) is 54.4 Å². The van der Waals surface area contributed by atoms with Crippen LogP contribution in [-0.2, 0) is 19.0 Å². The average molecular weight is 621 g/mol. The molecule has 0 aromatic carbocycles. The highest BCUT2D eigenvalue weighted by molar-refractivity contribution is 5.70. The fourth-order valence-corrected chi connectivity index (χ4v) is 6.71. The first kappa shape index (κ1) is 36.2. The maximum Gasteiger partial charge on any atom is 0.407 e. The summed E-state index contributed by atoms with van der Waals surface area (Å²) >= 11 is 0. The summed E-state index contributed by atoms with van der Waals surface area (Å²) in [4.78, 5) is 26.6. The van der Waals surface area contributed by atoms with E-state index in [0.717, 1.165) is 18.4 Å². The zero-order valence-electron chi connectivity index (χ0n) is 27.6. The monoisotopic (exact) mass is 620 g/mol. The number of carbonyl (C=O) groups excluding carboxylic acids is 1. The molecule has 10 nitrogen and oxygen atoms in total. The van der Waals surface area contributed by atoms with E-state index < -0.39 is 29.9 Å². The molecule has 3 rings (SSSR count). The summed E-state index contributed by atoms with van der Waals surface area (Å²) in [6.45, 7) is 13.5. The molecular formula is C34H56N2O8. The number of amides is 1. The molecule has 1 unspecified atom stereocenters.